The zero-order valence-electron chi connectivity index (χ0n) is 11.7. The molecule has 0 radical (unpaired) electrons. The molecule has 0 aliphatic heterocycles. The molecule has 1 rings (SSSR count). The fourth-order valence-corrected chi connectivity index (χ4v) is 1.86. The van der Waals surface area contributed by atoms with E-state index in [0.717, 1.165) is 6.42 Å². The monoisotopic (exact) mass is 263 g/mol. The topological polar surface area (TPSA) is 55.4 Å². The van der Waals surface area contributed by atoms with Crippen LogP contribution in [0.4, 0.5) is 0 Å². The van der Waals surface area contributed by atoms with Crippen molar-refractivity contribution >= 4 is 11.8 Å². The van der Waals surface area contributed by atoms with Crippen LogP contribution >= 0.6 is 0 Å². The molecule has 0 saturated heterocycles. The maximum atomic E-state index is 12.3. The van der Waals surface area contributed by atoms with Gasteiger partial charge in [0.1, 0.15) is 0 Å². The molecule has 0 aromatic heterocycles. The minimum absolute atomic E-state index is 0.0543. The number of esters is 1. The average molecular weight is 263 g/mol. The number of carbonyl (C=O) groups excluding carboxylic acids is 2. The summed E-state index contributed by atoms with van der Waals surface area (Å²) < 4.78 is 4.62. The van der Waals surface area contributed by atoms with Crippen LogP contribution in [0.1, 0.15) is 36.2 Å². The van der Waals surface area contributed by atoms with Gasteiger partial charge in [-0.2, -0.15) is 0 Å². The van der Waals surface area contributed by atoms with Crippen molar-refractivity contribution in [3.63, 3.8) is 0 Å². The van der Waals surface area contributed by atoms with Gasteiger partial charge in [-0.25, -0.2) is 0 Å². The molecule has 19 heavy (non-hydrogen) atoms. The Balaban J connectivity index is 2.82. The number of ether oxygens (including phenoxy) is 1. The number of rotatable bonds is 7. The van der Waals surface area contributed by atoms with Gasteiger partial charge in [-0.15, -0.1) is 0 Å². The van der Waals surface area contributed by atoms with Gasteiger partial charge in [0, 0.05) is 5.56 Å². The Morgan fingerprint density at radius 3 is 2.32 bits per heavy atom. The van der Waals surface area contributed by atoms with Gasteiger partial charge < -0.3 is 10.1 Å². The first kappa shape index (κ1) is 15.4. The van der Waals surface area contributed by atoms with Crippen molar-refractivity contribution in [3.8, 4) is 0 Å². The third-order valence-corrected chi connectivity index (χ3v) is 3.01. The molecular weight excluding hydrogens is 242 g/mol. The summed E-state index contributed by atoms with van der Waals surface area (Å²) in [5.41, 5.74) is 1.80. The van der Waals surface area contributed by atoms with E-state index >= 15 is 0 Å². The number of ketones is 1. The van der Waals surface area contributed by atoms with Crippen LogP contribution in [0.5, 0.6) is 0 Å². The fraction of sp³-hybridized carbons (Fsp3) is 0.467. The Morgan fingerprint density at radius 1 is 1.21 bits per heavy atom. The summed E-state index contributed by atoms with van der Waals surface area (Å²) in [6, 6.07) is 6.97. The van der Waals surface area contributed by atoms with Crippen molar-refractivity contribution in [2.24, 2.45) is 0 Å². The summed E-state index contributed by atoms with van der Waals surface area (Å²) in [5, 5.41) is 3.02. The van der Waals surface area contributed by atoms with Gasteiger partial charge >= 0.3 is 5.97 Å². The van der Waals surface area contributed by atoms with E-state index in [2.05, 4.69) is 17.0 Å². The van der Waals surface area contributed by atoms with Crippen molar-refractivity contribution in [2.75, 3.05) is 13.7 Å². The minimum Gasteiger partial charge on any atom is -0.469 e. The van der Waals surface area contributed by atoms with Crippen LogP contribution in [-0.2, 0) is 16.0 Å². The highest BCUT2D eigenvalue weighted by molar-refractivity contribution is 6.01. The van der Waals surface area contributed by atoms with Gasteiger partial charge in [0.2, 0.25) is 0 Å². The second-order valence-electron chi connectivity index (χ2n) is 4.31. The number of likely N-dealkylation sites (N-methyl/N-ethyl adjacent to an activating group) is 1. The SMILES string of the molecule is CCNC(CC(=O)OC)C(=O)c1ccc(CC)cc1. The number of hydrogen-bond donors (Lipinski definition) is 1. The van der Waals surface area contributed by atoms with Gasteiger partial charge in [-0.1, -0.05) is 38.1 Å². The van der Waals surface area contributed by atoms with Crippen molar-refractivity contribution in [1.29, 1.82) is 0 Å². The van der Waals surface area contributed by atoms with Crippen LogP contribution < -0.4 is 5.32 Å². The van der Waals surface area contributed by atoms with Crippen molar-refractivity contribution in [1.82, 2.24) is 5.32 Å². The van der Waals surface area contributed by atoms with Crippen LogP contribution in [0.2, 0.25) is 0 Å². The molecule has 0 fully saturated rings. The number of benzene rings is 1. The lowest BCUT2D eigenvalue weighted by molar-refractivity contribution is -0.140. The van der Waals surface area contributed by atoms with E-state index < -0.39 is 6.04 Å². The van der Waals surface area contributed by atoms with Gasteiger partial charge in [0.25, 0.3) is 0 Å². The van der Waals surface area contributed by atoms with E-state index in [1.807, 2.05) is 31.2 Å². The van der Waals surface area contributed by atoms with Crippen molar-refractivity contribution in [2.45, 2.75) is 32.7 Å². The third-order valence-electron chi connectivity index (χ3n) is 3.01. The number of hydrogen-bond acceptors (Lipinski definition) is 4. The molecule has 0 bridgehead atoms. The molecule has 1 unspecified atom stereocenters. The number of carbonyl (C=O) groups is 2. The Labute approximate surface area is 114 Å². The third kappa shape index (κ3) is 4.48. The van der Waals surface area contributed by atoms with Crippen LogP contribution in [0.3, 0.4) is 0 Å². The average Bonchev–Trinajstić information content (AvgIpc) is 2.46. The Morgan fingerprint density at radius 2 is 1.84 bits per heavy atom. The summed E-state index contributed by atoms with van der Waals surface area (Å²) in [5.74, 6) is -0.459. The van der Waals surface area contributed by atoms with Crippen molar-refractivity contribution < 1.29 is 14.3 Å². The molecule has 0 amide bonds. The first-order chi connectivity index (χ1) is 9.12. The lowest BCUT2D eigenvalue weighted by Crippen LogP contribution is -2.38. The summed E-state index contributed by atoms with van der Waals surface area (Å²) in [7, 11) is 1.33. The smallest absolute Gasteiger partial charge is 0.307 e. The van der Waals surface area contributed by atoms with Gasteiger partial charge in [0.15, 0.2) is 5.78 Å². The van der Waals surface area contributed by atoms with Crippen LogP contribution in [0.25, 0.3) is 0 Å². The summed E-state index contributed by atoms with van der Waals surface area (Å²) in [4.78, 5) is 23.6. The van der Waals surface area contributed by atoms with Crippen LogP contribution in [0, 0.1) is 0 Å². The zero-order chi connectivity index (χ0) is 14.3. The first-order valence-corrected chi connectivity index (χ1v) is 6.55. The molecule has 0 heterocycles. The van der Waals surface area contributed by atoms with E-state index in [1.54, 1.807) is 0 Å². The lowest BCUT2D eigenvalue weighted by atomic mass is 10.00. The van der Waals surface area contributed by atoms with Gasteiger partial charge in [-0.3, -0.25) is 9.59 Å². The van der Waals surface area contributed by atoms with Crippen molar-refractivity contribution in [3.05, 3.63) is 35.4 Å². The molecule has 0 aliphatic rings. The highest BCUT2D eigenvalue weighted by Gasteiger charge is 2.22. The van der Waals surface area contributed by atoms with Gasteiger partial charge in [-0.05, 0) is 18.5 Å². The number of Topliss-reactive ketones (excluding diaryl/α,β-unsaturated/α-hetero) is 1. The Bertz CT molecular complexity index is 426. The quantitative estimate of drug-likeness (QED) is 0.603. The molecule has 0 aliphatic carbocycles. The molecule has 4 heteroatoms. The number of nitrogens with one attached hydrogen (secondary N) is 1. The normalized spacial score (nSPS) is 11.9. The van der Waals surface area contributed by atoms with Crippen LogP contribution in [0.15, 0.2) is 24.3 Å². The summed E-state index contributed by atoms with van der Waals surface area (Å²) in [6.45, 7) is 4.59. The summed E-state index contributed by atoms with van der Waals surface area (Å²) >= 11 is 0. The maximum Gasteiger partial charge on any atom is 0.307 e. The Kier molecular flexibility index (Phi) is 6.22. The minimum atomic E-state index is -0.523. The standard InChI is InChI=1S/C15H21NO3/c1-4-11-6-8-12(9-7-11)15(18)13(16-5-2)10-14(17)19-3/h6-9,13,16H,4-5,10H2,1-3H3. The second-order valence-corrected chi connectivity index (χ2v) is 4.31. The van der Waals surface area contributed by atoms with E-state index in [-0.39, 0.29) is 18.2 Å². The Hall–Kier alpha value is -1.68. The van der Waals surface area contributed by atoms with E-state index in [1.165, 1.54) is 12.7 Å². The predicted octanol–water partition coefficient (Wildman–Crippen LogP) is 1.97. The molecule has 4 nitrogen and oxygen atoms in total. The fourth-order valence-electron chi connectivity index (χ4n) is 1.86. The van der Waals surface area contributed by atoms with Gasteiger partial charge in [0.05, 0.1) is 19.6 Å². The second kappa shape index (κ2) is 7.69. The molecule has 0 spiro atoms. The molecular formula is C15H21NO3. The molecule has 104 valence electrons. The molecule has 1 aromatic carbocycles. The predicted molar refractivity (Wildman–Crippen MR) is 74.2 cm³/mol. The first-order valence-electron chi connectivity index (χ1n) is 6.55. The largest absolute Gasteiger partial charge is 0.469 e. The molecule has 0 saturated carbocycles. The van der Waals surface area contributed by atoms with E-state index in [0.29, 0.717) is 12.1 Å². The number of methoxy groups -OCH3 is 1. The van der Waals surface area contributed by atoms with E-state index in [4.69, 9.17) is 0 Å². The van der Waals surface area contributed by atoms with Crippen LogP contribution in [-0.4, -0.2) is 31.4 Å². The highest BCUT2D eigenvalue weighted by atomic mass is 16.5. The number of aryl methyl sites for hydroxylation is 1. The summed E-state index contributed by atoms with van der Waals surface area (Å²) in [6.07, 6.45) is 0.992. The van der Waals surface area contributed by atoms with E-state index in [9.17, 15) is 9.59 Å². The maximum absolute atomic E-state index is 12.3. The lowest BCUT2D eigenvalue weighted by Gasteiger charge is -2.15. The zero-order valence-corrected chi connectivity index (χ0v) is 11.7. The molecule has 1 aromatic rings. The molecule has 1 N–H and O–H groups in total. The highest BCUT2D eigenvalue weighted by Crippen LogP contribution is 2.10. The molecule has 1 atom stereocenters.